The van der Waals surface area contributed by atoms with Crippen molar-refractivity contribution in [2.24, 2.45) is 0 Å². The van der Waals surface area contributed by atoms with Gasteiger partial charge in [-0.15, -0.1) is 0 Å². The Labute approximate surface area is 86.2 Å². The van der Waals surface area contributed by atoms with Crippen LogP contribution in [0.2, 0.25) is 0 Å². The molecule has 0 aliphatic heterocycles. The summed E-state index contributed by atoms with van der Waals surface area (Å²) < 4.78 is 22.4. The van der Waals surface area contributed by atoms with Crippen LogP contribution in [-0.4, -0.2) is 25.3 Å². The largest absolute Gasteiger partial charge is 0.497 e. The molecule has 0 bridgehead atoms. The number of ether oxygens (including phenoxy) is 2. The molecule has 1 atom stereocenters. The predicted octanol–water partition coefficient (Wildman–Crippen LogP) is 1.04. The van der Waals surface area contributed by atoms with E-state index in [9.17, 15) is 14.3 Å². The van der Waals surface area contributed by atoms with E-state index in [0.29, 0.717) is 5.75 Å². The van der Waals surface area contributed by atoms with Crippen LogP contribution < -0.4 is 4.74 Å². The van der Waals surface area contributed by atoms with E-state index in [1.165, 1.54) is 19.2 Å². The number of carbonyl (C=O) groups excluding carboxylic acids is 1. The van der Waals surface area contributed by atoms with Gasteiger partial charge in [0.2, 0.25) is 0 Å². The summed E-state index contributed by atoms with van der Waals surface area (Å²) in [5.41, 5.74) is -0.166. The molecule has 0 aromatic heterocycles. The number of hydrogen-bond donors (Lipinski definition) is 1. The van der Waals surface area contributed by atoms with Crippen molar-refractivity contribution in [3.8, 4) is 5.75 Å². The van der Waals surface area contributed by atoms with Crippen LogP contribution in [0.5, 0.6) is 5.75 Å². The highest BCUT2D eigenvalue weighted by Crippen LogP contribution is 2.23. The number of esters is 1. The highest BCUT2D eigenvalue weighted by atomic mass is 19.1. The van der Waals surface area contributed by atoms with E-state index in [0.717, 1.165) is 13.2 Å². The monoisotopic (exact) mass is 214 g/mol. The van der Waals surface area contributed by atoms with E-state index in [1.807, 2.05) is 0 Å². The summed E-state index contributed by atoms with van der Waals surface area (Å²) in [6.45, 7) is 0. The molecular formula is C10H11FO4. The number of rotatable bonds is 3. The molecule has 4 nitrogen and oxygen atoms in total. The average Bonchev–Trinajstić information content (AvgIpc) is 2.27. The third-order valence-electron chi connectivity index (χ3n) is 1.92. The first-order valence-electron chi connectivity index (χ1n) is 4.19. The highest BCUT2D eigenvalue weighted by Gasteiger charge is 2.22. The second kappa shape index (κ2) is 4.75. The van der Waals surface area contributed by atoms with Crippen LogP contribution in [0.25, 0.3) is 0 Å². The van der Waals surface area contributed by atoms with Gasteiger partial charge in [-0.05, 0) is 18.2 Å². The zero-order valence-electron chi connectivity index (χ0n) is 8.36. The molecule has 0 radical (unpaired) electrons. The molecule has 1 aromatic rings. The van der Waals surface area contributed by atoms with Crippen molar-refractivity contribution >= 4 is 5.97 Å². The van der Waals surface area contributed by atoms with Crippen LogP contribution in [-0.2, 0) is 9.53 Å². The van der Waals surface area contributed by atoms with Crippen LogP contribution >= 0.6 is 0 Å². The molecule has 1 unspecified atom stereocenters. The first kappa shape index (κ1) is 11.5. The number of halogens is 1. The molecule has 0 aliphatic rings. The van der Waals surface area contributed by atoms with Crippen molar-refractivity contribution in [2.75, 3.05) is 14.2 Å². The molecule has 0 saturated heterocycles. The Kier molecular flexibility index (Phi) is 3.62. The van der Waals surface area contributed by atoms with Gasteiger partial charge in [-0.25, -0.2) is 9.18 Å². The van der Waals surface area contributed by atoms with E-state index in [1.54, 1.807) is 0 Å². The lowest BCUT2D eigenvalue weighted by Crippen LogP contribution is -2.14. The molecule has 1 N–H and O–H groups in total. The SMILES string of the molecule is COC(=O)C(O)c1cc(OC)ccc1F. The number of benzene rings is 1. The van der Waals surface area contributed by atoms with Crippen molar-refractivity contribution in [3.63, 3.8) is 0 Å². The minimum absolute atomic E-state index is 0.166. The second-order valence-corrected chi connectivity index (χ2v) is 2.81. The van der Waals surface area contributed by atoms with Gasteiger partial charge in [0.15, 0.2) is 6.10 Å². The predicted molar refractivity (Wildman–Crippen MR) is 49.9 cm³/mol. The van der Waals surface area contributed by atoms with Gasteiger partial charge >= 0.3 is 5.97 Å². The minimum Gasteiger partial charge on any atom is -0.497 e. The molecule has 1 aromatic carbocycles. The van der Waals surface area contributed by atoms with E-state index in [4.69, 9.17) is 4.74 Å². The van der Waals surface area contributed by atoms with Gasteiger partial charge < -0.3 is 14.6 Å². The third kappa shape index (κ3) is 2.44. The number of carbonyl (C=O) groups is 1. The molecule has 0 saturated carbocycles. The fourth-order valence-corrected chi connectivity index (χ4v) is 1.10. The summed E-state index contributed by atoms with van der Waals surface area (Å²) in [4.78, 5) is 11.0. The van der Waals surface area contributed by atoms with Gasteiger partial charge in [-0.3, -0.25) is 0 Å². The van der Waals surface area contributed by atoms with E-state index in [2.05, 4.69) is 4.74 Å². The van der Waals surface area contributed by atoms with Crippen LogP contribution in [0.4, 0.5) is 4.39 Å². The van der Waals surface area contributed by atoms with Gasteiger partial charge in [-0.1, -0.05) is 0 Å². The van der Waals surface area contributed by atoms with Gasteiger partial charge in [-0.2, -0.15) is 0 Å². The fourth-order valence-electron chi connectivity index (χ4n) is 1.10. The molecule has 0 spiro atoms. The zero-order valence-corrected chi connectivity index (χ0v) is 8.36. The van der Waals surface area contributed by atoms with Crippen molar-refractivity contribution in [3.05, 3.63) is 29.6 Å². The fraction of sp³-hybridized carbons (Fsp3) is 0.300. The molecule has 5 heteroatoms. The Morgan fingerprint density at radius 2 is 2.13 bits per heavy atom. The summed E-state index contributed by atoms with van der Waals surface area (Å²) >= 11 is 0. The van der Waals surface area contributed by atoms with Crippen molar-refractivity contribution in [1.82, 2.24) is 0 Å². The quantitative estimate of drug-likeness (QED) is 0.764. The number of aliphatic hydroxyl groups is 1. The molecule has 82 valence electrons. The molecule has 0 fully saturated rings. The van der Waals surface area contributed by atoms with Crippen LogP contribution in [0, 0.1) is 5.82 Å². The summed E-state index contributed by atoms with van der Waals surface area (Å²) in [6.07, 6.45) is -1.63. The second-order valence-electron chi connectivity index (χ2n) is 2.81. The molecule has 1 rings (SSSR count). The molecule has 15 heavy (non-hydrogen) atoms. The molecule has 0 amide bonds. The minimum atomic E-state index is -1.63. The average molecular weight is 214 g/mol. The summed E-state index contributed by atoms with van der Waals surface area (Å²) in [6, 6.07) is 3.75. The standard InChI is InChI=1S/C10H11FO4/c1-14-6-3-4-8(11)7(5-6)9(12)10(13)15-2/h3-5,9,12H,1-2H3. The van der Waals surface area contributed by atoms with Gasteiger partial charge in [0.05, 0.1) is 14.2 Å². The normalized spacial score (nSPS) is 12.0. The lowest BCUT2D eigenvalue weighted by Gasteiger charge is -2.10. The van der Waals surface area contributed by atoms with E-state index in [-0.39, 0.29) is 5.56 Å². The van der Waals surface area contributed by atoms with Crippen LogP contribution in [0.3, 0.4) is 0 Å². The Hall–Kier alpha value is -1.62. The Morgan fingerprint density at radius 1 is 1.47 bits per heavy atom. The summed E-state index contributed by atoms with van der Waals surface area (Å²) in [5, 5.41) is 9.42. The smallest absolute Gasteiger partial charge is 0.339 e. The van der Waals surface area contributed by atoms with Gasteiger partial charge in [0, 0.05) is 5.56 Å². The van der Waals surface area contributed by atoms with Crippen LogP contribution in [0.1, 0.15) is 11.7 Å². The van der Waals surface area contributed by atoms with Crippen molar-refractivity contribution < 1.29 is 23.8 Å². The van der Waals surface area contributed by atoms with Crippen LogP contribution in [0.15, 0.2) is 18.2 Å². The topological polar surface area (TPSA) is 55.8 Å². The van der Waals surface area contributed by atoms with Crippen molar-refractivity contribution in [1.29, 1.82) is 0 Å². The first-order chi connectivity index (χ1) is 7.10. The van der Waals surface area contributed by atoms with Gasteiger partial charge in [0.25, 0.3) is 0 Å². The van der Waals surface area contributed by atoms with E-state index < -0.39 is 17.9 Å². The Balaban J connectivity index is 3.06. The highest BCUT2D eigenvalue weighted by molar-refractivity contribution is 5.76. The zero-order chi connectivity index (χ0) is 11.4. The maximum atomic E-state index is 13.2. The Bertz CT molecular complexity index is 364. The number of hydrogen-bond acceptors (Lipinski definition) is 4. The lowest BCUT2D eigenvalue weighted by molar-refractivity contribution is -0.150. The summed E-state index contributed by atoms with van der Waals surface area (Å²) in [5.74, 6) is -1.25. The van der Waals surface area contributed by atoms with Gasteiger partial charge in [0.1, 0.15) is 11.6 Å². The van der Waals surface area contributed by atoms with Crippen molar-refractivity contribution in [2.45, 2.75) is 6.10 Å². The maximum absolute atomic E-state index is 13.2. The molecule has 0 heterocycles. The van der Waals surface area contributed by atoms with E-state index >= 15 is 0 Å². The maximum Gasteiger partial charge on any atom is 0.339 e. The molecule has 0 aliphatic carbocycles. The first-order valence-corrected chi connectivity index (χ1v) is 4.19. The summed E-state index contributed by atoms with van der Waals surface area (Å²) in [7, 11) is 2.52. The molecular weight excluding hydrogens is 203 g/mol. The Morgan fingerprint density at radius 3 is 2.67 bits per heavy atom. The number of aliphatic hydroxyl groups excluding tert-OH is 1. The number of methoxy groups -OCH3 is 2. The lowest BCUT2D eigenvalue weighted by atomic mass is 10.1. The third-order valence-corrected chi connectivity index (χ3v) is 1.92.